The summed E-state index contributed by atoms with van der Waals surface area (Å²) in [4.78, 5) is 28.8. The zero-order valence-electron chi connectivity index (χ0n) is 22.4. The number of hydrogen-bond acceptors (Lipinski definition) is 7. The summed E-state index contributed by atoms with van der Waals surface area (Å²) in [5.74, 6) is 1.62. The molecular formula is C29H30N6O5. The number of aromatic nitrogens is 3. The highest BCUT2D eigenvalue weighted by molar-refractivity contribution is 5.99. The fourth-order valence-electron chi connectivity index (χ4n) is 4.08. The monoisotopic (exact) mass is 542 g/mol. The highest BCUT2D eigenvalue weighted by Crippen LogP contribution is 2.33. The van der Waals surface area contributed by atoms with Crippen LogP contribution in [0.5, 0.6) is 11.5 Å². The third-order valence-electron chi connectivity index (χ3n) is 6.31. The Kier molecular flexibility index (Phi) is 7.76. The molecule has 0 unspecified atom stereocenters. The van der Waals surface area contributed by atoms with Crippen LogP contribution in [0.4, 0.5) is 22.1 Å². The number of benzene rings is 2. The number of nitrogens with zero attached hydrogens (tertiary/aromatic N) is 3. The molecule has 3 amide bonds. The molecule has 206 valence electrons. The summed E-state index contributed by atoms with van der Waals surface area (Å²) in [6.07, 6.45) is 1.53. The first-order valence-electron chi connectivity index (χ1n) is 12.7. The number of ether oxygens (including phenoxy) is 3. The number of rotatable bonds is 9. The molecule has 2 aromatic carbocycles. The maximum absolute atomic E-state index is 12.9. The van der Waals surface area contributed by atoms with Gasteiger partial charge in [0.1, 0.15) is 29.7 Å². The Labute approximate surface area is 231 Å². The van der Waals surface area contributed by atoms with E-state index in [0.717, 1.165) is 16.9 Å². The number of aryl methyl sites for hydroxylation is 1. The zero-order valence-corrected chi connectivity index (χ0v) is 22.4. The average Bonchev–Trinajstić information content (AvgIpc) is 3.33. The van der Waals surface area contributed by atoms with Crippen LogP contribution in [0.3, 0.4) is 0 Å². The van der Waals surface area contributed by atoms with Crippen molar-refractivity contribution in [2.75, 3.05) is 42.9 Å². The molecule has 1 saturated heterocycles. The number of methoxy groups -OCH3 is 1. The minimum absolute atomic E-state index is 0.0708. The van der Waals surface area contributed by atoms with Crippen LogP contribution in [-0.4, -0.2) is 53.6 Å². The van der Waals surface area contributed by atoms with Crippen LogP contribution in [0, 0.1) is 6.92 Å². The summed E-state index contributed by atoms with van der Waals surface area (Å²) < 4.78 is 17.8. The van der Waals surface area contributed by atoms with Crippen LogP contribution < -0.4 is 20.7 Å². The second kappa shape index (κ2) is 11.6. The van der Waals surface area contributed by atoms with E-state index in [9.17, 15) is 9.59 Å². The van der Waals surface area contributed by atoms with Crippen molar-refractivity contribution in [2.45, 2.75) is 19.3 Å². The standard InChI is InChI=1S/C29H30N6O5/c1-19-4-8-21(9-5-19)35-26(15-24(34-35)29(2)17-39-18-29)33-28(37)31-20-6-10-22(11-7-20)40-23-12-13-30-25(14-23)32-27(36)16-38-3/h4-15H,16-18H2,1-3H3,(H,30,32,36)(H2,31,33,37). The molecule has 4 aromatic rings. The van der Waals surface area contributed by atoms with Crippen molar-refractivity contribution in [3.63, 3.8) is 0 Å². The molecule has 1 aliphatic rings. The number of carbonyl (C=O) groups is 2. The molecule has 0 saturated carbocycles. The Morgan fingerprint density at radius 1 is 0.975 bits per heavy atom. The largest absolute Gasteiger partial charge is 0.457 e. The van der Waals surface area contributed by atoms with E-state index in [2.05, 4.69) is 27.9 Å². The summed E-state index contributed by atoms with van der Waals surface area (Å²) in [5.41, 5.74) is 3.22. The molecular weight excluding hydrogens is 512 g/mol. The molecule has 3 heterocycles. The Hall–Kier alpha value is -4.74. The van der Waals surface area contributed by atoms with Gasteiger partial charge in [-0.15, -0.1) is 0 Å². The first-order chi connectivity index (χ1) is 19.3. The van der Waals surface area contributed by atoms with Gasteiger partial charge < -0.3 is 24.8 Å². The summed E-state index contributed by atoms with van der Waals surface area (Å²) in [6, 6.07) is 19.6. The number of amides is 3. The van der Waals surface area contributed by atoms with Gasteiger partial charge in [-0.05, 0) is 56.3 Å². The molecule has 0 atom stereocenters. The third kappa shape index (κ3) is 6.28. The van der Waals surface area contributed by atoms with Crippen LogP contribution in [0.1, 0.15) is 18.2 Å². The molecule has 11 nitrogen and oxygen atoms in total. The molecule has 5 rings (SSSR count). The molecule has 1 fully saturated rings. The van der Waals surface area contributed by atoms with Gasteiger partial charge in [0.2, 0.25) is 0 Å². The quantitative estimate of drug-likeness (QED) is 0.275. The predicted octanol–water partition coefficient (Wildman–Crippen LogP) is 4.88. The van der Waals surface area contributed by atoms with Crippen LogP contribution in [0.2, 0.25) is 0 Å². The minimum Gasteiger partial charge on any atom is -0.457 e. The fraction of sp³-hybridized carbons (Fsp3) is 0.241. The smallest absolute Gasteiger partial charge is 0.324 e. The maximum atomic E-state index is 12.9. The van der Waals surface area contributed by atoms with Gasteiger partial charge in [-0.1, -0.05) is 17.7 Å². The van der Waals surface area contributed by atoms with Crippen LogP contribution in [0.15, 0.2) is 72.9 Å². The van der Waals surface area contributed by atoms with Gasteiger partial charge in [-0.3, -0.25) is 10.1 Å². The number of hydrogen-bond donors (Lipinski definition) is 3. The molecule has 40 heavy (non-hydrogen) atoms. The normalized spacial score (nSPS) is 13.7. The summed E-state index contributed by atoms with van der Waals surface area (Å²) in [5, 5.41) is 13.2. The van der Waals surface area contributed by atoms with Crippen molar-refractivity contribution in [1.29, 1.82) is 0 Å². The van der Waals surface area contributed by atoms with Crippen LogP contribution in [0.25, 0.3) is 5.69 Å². The molecule has 11 heteroatoms. The molecule has 3 N–H and O–H groups in total. The third-order valence-corrected chi connectivity index (χ3v) is 6.31. The number of anilines is 3. The van der Waals surface area contributed by atoms with Crippen LogP contribution in [-0.2, 0) is 19.7 Å². The van der Waals surface area contributed by atoms with E-state index in [4.69, 9.17) is 19.3 Å². The Bertz CT molecular complexity index is 1500. The highest BCUT2D eigenvalue weighted by atomic mass is 16.5. The first-order valence-corrected chi connectivity index (χ1v) is 12.7. The Balaban J connectivity index is 1.24. The second-order valence-corrected chi connectivity index (χ2v) is 9.78. The summed E-state index contributed by atoms with van der Waals surface area (Å²) in [6.45, 7) is 5.21. The molecule has 0 bridgehead atoms. The number of urea groups is 1. The van der Waals surface area contributed by atoms with E-state index in [-0.39, 0.29) is 17.9 Å². The van der Waals surface area contributed by atoms with Crippen molar-refractivity contribution in [2.24, 2.45) is 0 Å². The number of nitrogens with one attached hydrogen (secondary N) is 3. The lowest BCUT2D eigenvalue weighted by molar-refractivity contribution is -0.119. The van der Waals surface area contributed by atoms with E-state index < -0.39 is 6.03 Å². The van der Waals surface area contributed by atoms with Crippen molar-refractivity contribution in [3.05, 3.63) is 84.2 Å². The van der Waals surface area contributed by atoms with Crippen molar-refractivity contribution in [3.8, 4) is 17.2 Å². The zero-order chi connectivity index (χ0) is 28.1. The summed E-state index contributed by atoms with van der Waals surface area (Å²) >= 11 is 0. The lowest BCUT2D eigenvalue weighted by Gasteiger charge is -2.36. The summed E-state index contributed by atoms with van der Waals surface area (Å²) in [7, 11) is 1.44. The van der Waals surface area contributed by atoms with Crippen molar-refractivity contribution >= 4 is 29.3 Å². The number of pyridine rings is 1. The number of carbonyl (C=O) groups excluding carboxylic acids is 2. The van der Waals surface area contributed by atoms with E-state index in [1.807, 2.05) is 37.3 Å². The molecule has 2 aromatic heterocycles. The minimum atomic E-state index is -0.408. The topological polar surface area (TPSA) is 129 Å². The van der Waals surface area contributed by atoms with Gasteiger partial charge in [0.15, 0.2) is 0 Å². The Morgan fingerprint density at radius 2 is 1.73 bits per heavy atom. The SMILES string of the molecule is COCC(=O)Nc1cc(Oc2ccc(NC(=O)Nc3cc(C4(C)COC4)nn3-c3ccc(C)cc3)cc2)ccn1. The van der Waals surface area contributed by atoms with E-state index >= 15 is 0 Å². The molecule has 0 aliphatic carbocycles. The Morgan fingerprint density at radius 3 is 2.40 bits per heavy atom. The van der Waals surface area contributed by atoms with Gasteiger partial charge >= 0.3 is 6.03 Å². The maximum Gasteiger partial charge on any atom is 0.324 e. The fourth-order valence-corrected chi connectivity index (χ4v) is 4.08. The molecule has 0 radical (unpaired) electrons. The molecule has 1 aliphatic heterocycles. The average molecular weight is 543 g/mol. The lowest BCUT2D eigenvalue weighted by Crippen LogP contribution is -2.44. The van der Waals surface area contributed by atoms with E-state index in [1.165, 1.54) is 13.3 Å². The van der Waals surface area contributed by atoms with Crippen molar-refractivity contribution < 1.29 is 23.8 Å². The van der Waals surface area contributed by atoms with E-state index in [1.54, 1.807) is 41.1 Å². The first kappa shape index (κ1) is 26.9. The van der Waals surface area contributed by atoms with Gasteiger partial charge in [0, 0.05) is 31.1 Å². The molecule has 0 spiro atoms. The lowest BCUT2D eigenvalue weighted by atomic mass is 9.85. The van der Waals surface area contributed by atoms with E-state index in [0.29, 0.717) is 42.0 Å². The van der Waals surface area contributed by atoms with Gasteiger partial charge in [-0.25, -0.2) is 14.5 Å². The van der Waals surface area contributed by atoms with Gasteiger partial charge in [0.25, 0.3) is 5.91 Å². The highest BCUT2D eigenvalue weighted by Gasteiger charge is 2.38. The van der Waals surface area contributed by atoms with Gasteiger partial charge in [-0.2, -0.15) is 5.10 Å². The van der Waals surface area contributed by atoms with Gasteiger partial charge in [0.05, 0.1) is 30.0 Å². The second-order valence-electron chi connectivity index (χ2n) is 9.78. The predicted molar refractivity (Wildman–Crippen MR) is 150 cm³/mol. The van der Waals surface area contributed by atoms with Crippen molar-refractivity contribution in [1.82, 2.24) is 14.8 Å². The van der Waals surface area contributed by atoms with Crippen LogP contribution >= 0.6 is 0 Å².